The molecular formula is C21H24N4O5. The summed E-state index contributed by atoms with van der Waals surface area (Å²) in [5.41, 5.74) is 0.456. The molecule has 30 heavy (non-hydrogen) atoms. The minimum atomic E-state index is -0.562. The van der Waals surface area contributed by atoms with E-state index in [2.05, 4.69) is 10.6 Å². The molecule has 0 aromatic heterocycles. The number of carbonyl (C=O) groups excluding carboxylic acids is 2. The number of nitro groups is 1. The summed E-state index contributed by atoms with van der Waals surface area (Å²) in [6.45, 7) is 1.53. The third-order valence-corrected chi connectivity index (χ3v) is 5.15. The molecule has 0 bridgehead atoms. The van der Waals surface area contributed by atoms with E-state index in [0.29, 0.717) is 31.1 Å². The van der Waals surface area contributed by atoms with Crippen molar-refractivity contribution >= 4 is 23.3 Å². The van der Waals surface area contributed by atoms with Gasteiger partial charge in [-0.2, -0.15) is 0 Å². The second-order valence-corrected chi connectivity index (χ2v) is 7.05. The number of ether oxygens (including phenoxy) is 1. The molecule has 0 spiro atoms. The van der Waals surface area contributed by atoms with Gasteiger partial charge < -0.3 is 20.3 Å². The Hall–Kier alpha value is -3.62. The van der Waals surface area contributed by atoms with E-state index in [1.807, 2.05) is 12.1 Å². The standard InChI is InChI=1S/C21H24N4O5/c1-30-19-9-5-3-7-17(19)23-21(27)24-12-10-15(11-13-24)14-22-20(26)16-6-2-4-8-18(16)25(28)29/h2-9,15H,10-14H2,1H3,(H,22,26)(H,23,27). The summed E-state index contributed by atoms with van der Waals surface area (Å²) in [6, 6.07) is 12.9. The molecule has 0 atom stereocenters. The van der Waals surface area contributed by atoms with Crippen LogP contribution in [0.1, 0.15) is 23.2 Å². The van der Waals surface area contributed by atoms with Crippen molar-refractivity contribution in [3.05, 3.63) is 64.2 Å². The molecule has 3 amide bonds. The fraction of sp³-hybridized carbons (Fsp3) is 0.333. The van der Waals surface area contributed by atoms with Crippen molar-refractivity contribution in [3.63, 3.8) is 0 Å². The summed E-state index contributed by atoms with van der Waals surface area (Å²) in [7, 11) is 1.55. The van der Waals surface area contributed by atoms with E-state index < -0.39 is 10.8 Å². The quantitative estimate of drug-likeness (QED) is 0.558. The molecule has 9 heteroatoms. The van der Waals surface area contributed by atoms with Gasteiger partial charge in [0.15, 0.2) is 0 Å². The number of para-hydroxylation sites is 3. The topological polar surface area (TPSA) is 114 Å². The van der Waals surface area contributed by atoms with Crippen LogP contribution in [0.3, 0.4) is 0 Å². The van der Waals surface area contributed by atoms with Crippen LogP contribution in [0.15, 0.2) is 48.5 Å². The predicted octanol–water partition coefficient (Wildman–Crippen LogP) is 3.28. The van der Waals surface area contributed by atoms with Gasteiger partial charge in [0, 0.05) is 25.7 Å². The molecule has 158 valence electrons. The first kappa shape index (κ1) is 21.1. The smallest absolute Gasteiger partial charge is 0.321 e. The first-order valence-corrected chi connectivity index (χ1v) is 9.70. The largest absolute Gasteiger partial charge is 0.495 e. The molecule has 3 rings (SSSR count). The Morgan fingerprint density at radius 1 is 1.13 bits per heavy atom. The number of piperidine rings is 1. The van der Waals surface area contributed by atoms with Gasteiger partial charge in [0.2, 0.25) is 0 Å². The zero-order valence-electron chi connectivity index (χ0n) is 16.7. The number of likely N-dealkylation sites (tertiary alicyclic amines) is 1. The number of carbonyl (C=O) groups is 2. The monoisotopic (exact) mass is 412 g/mol. The van der Waals surface area contributed by atoms with E-state index in [4.69, 9.17) is 4.74 Å². The van der Waals surface area contributed by atoms with E-state index in [1.54, 1.807) is 30.2 Å². The molecule has 2 N–H and O–H groups in total. The zero-order valence-corrected chi connectivity index (χ0v) is 16.7. The predicted molar refractivity (Wildman–Crippen MR) is 112 cm³/mol. The molecule has 0 radical (unpaired) electrons. The van der Waals surface area contributed by atoms with E-state index in [-0.39, 0.29) is 23.2 Å². The van der Waals surface area contributed by atoms with Crippen LogP contribution in [0.25, 0.3) is 0 Å². The fourth-order valence-corrected chi connectivity index (χ4v) is 3.44. The highest BCUT2D eigenvalue weighted by atomic mass is 16.6. The number of rotatable bonds is 6. The Kier molecular flexibility index (Phi) is 6.84. The molecule has 1 fully saturated rings. The second kappa shape index (κ2) is 9.73. The molecule has 0 aliphatic carbocycles. The SMILES string of the molecule is COc1ccccc1NC(=O)N1CCC(CNC(=O)c2ccccc2[N+](=O)[O-])CC1. The summed E-state index contributed by atoms with van der Waals surface area (Å²) < 4.78 is 5.25. The Bertz CT molecular complexity index is 925. The summed E-state index contributed by atoms with van der Waals surface area (Å²) in [5, 5.41) is 16.7. The van der Waals surface area contributed by atoms with E-state index >= 15 is 0 Å². The molecular weight excluding hydrogens is 388 g/mol. The Labute approximate surface area is 174 Å². The Morgan fingerprint density at radius 3 is 2.50 bits per heavy atom. The molecule has 0 saturated carbocycles. The van der Waals surface area contributed by atoms with Crippen LogP contribution in [0.5, 0.6) is 5.75 Å². The number of anilines is 1. The molecule has 1 heterocycles. The highest BCUT2D eigenvalue weighted by Gasteiger charge is 2.25. The van der Waals surface area contributed by atoms with Crippen molar-refractivity contribution in [3.8, 4) is 5.75 Å². The van der Waals surface area contributed by atoms with Crippen molar-refractivity contribution in [1.82, 2.24) is 10.2 Å². The van der Waals surface area contributed by atoms with Crippen LogP contribution in [-0.2, 0) is 0 Å². The maximum Gasteiger partial charge on any atom is 0.321 e. The number of hydrogen-bond donors (Lipinski definition) is 2. The molecule has 2 aromatic carbocycles. The zero-order chi connectivity index (χ0) is 21.5. The van der Waals surface area contributed by atoms with E-state index in [9.17, 15) is 19.7 Å². The van der Waals surface area contributed by atoms with Crippen molar-refractivity contribution in [2.75, 3.05) is 32.1 Å². The van der Waals surface area contributed by atoms with E-state index in [0.717, 1.165) is 12.8 Å². The van der Waals surface area contributed by atoms with E-state index in [1.165, 1.54) is 18.2 Å². The van der Waals surface area contributed by atoms with Crippen LogP contribution in [0.2, 0.25) is 0 Å². The first-order chi connectivity index (χ1) is 14.5. The normalized spacial score (nSPS) is 14.1. The number of hydrogen-bond acceptors (Lipinski definition) is 5. The molecule has 2 aromatic rings. The Morgan fingerprint density at radius 2 is 1.80 bits per heavy atom. The van der Waals surface area contributed by atoms with Crippen molar-refractivity contribution in [2.24, 2.45) is 5.92 Å². The highest BCUT2D eigenvalue weighted by Crippen LogP contribution is 2.24. The molecule has 1 aliphatic rings. The minimum absolute atomic E-state index is 0.0520. The maximum atomic E-state index is 12.5. The average molecular weight is 412 g/mol. The van der Waals surface area contributed by atoms with Crippen molar-refractivity contribution < 1.29 is 19.2 Å². The van der Waals surface area contributed by atoms with Crippen molar-refractivity contribution in [2.45, 2.75) is 12.8 Å². The number of nitrogens with zero attached hydrogens (tertiary/aromatic N) is 2. The van der Waals surface area contributed by atoms with Gasteiger partial charge in [-0.15, -0.1) is 0 Å². The molecule has 9 nitrogen and oxygen atoms in total. The third-order valence-electron chi connectivity index (χ3n) is 5.15. The number of urea groups is 1. The van der Waals surface area contributed by atoms with Gasteiger partial charge in [-0.25, -0.2) is 4.79 Å². The Balaban J connectivity index is 1.48. The van der Waals surface area contributed by atoms with Gasteiger partial charge in [0.05, 0.1) is 17.7 Å². The van der Waals surface area contributed by atoms with Gasteiger partial charge in [-0.1, -0.05) is 24.3 Å². The molecule has 1 saturated heterocycles. The summed E-state index contributed by atoms with van der Waals surface area (Å²) >= 11 is 0. The lowest BCUT2D eigenvalue weighted by Crippen LogP contribution is -2.43. The van der Waals surface area contributed by atoms with Gasteiger partial charge >= 0.3 is 6.03 Å². The first-order valence-electron chi connectivity index (χ1n) is 9.70. The number of nitro benzene ring substituents is 1. The van der Waals surface area contributed by atoms with Gasteiger partial charge in [0.1, 0.15) is 11.3 Å². The number of methoxy groups -OCH3 is 1. The van der Waals surface area contributed by atoms with Gasteiger partial charge in [-0.05, 0) is 37.0 Å². The van der Waals surface area contributed by atoms with Gasteiger partial charge in [-0.3, -0.25) is 14.9 Å². The summed E-state index contributed by atoms with van der Waals surface area (Å²) in [5.74, 6) is 0.337. The van der Waals surface area contributed by atoms with Crippen LogP contribution in [0.4, 0.5) is 16.2 Å². The minimum Gasteiger partial charge on any atom is -0.495 e. The highest BCUT2D eigenvalue weighted by molar-refractivity contribution is 5.98. The maximum absolute atomic E-state index is 12.5. The van der Waals surface area contributed by atoms with Gasteiger partial charge in [0.25, 0.3) is 11.6 Å². The lowest BCUT2D eigenvalue weighted by Gasteiger charge is -2.32. The molecule has 0 unspecified atom stereocenters. The summed E-state index contributed by atoms with van der Waals surface area (Å²) in [6.07, 6.45) is 1.47. The van der Waals surface area contributed by atoms with Crippen LogP contribution >= 0.6 is 0 Å². The number of nitrogens with one attached hydrogen (secondary N) is 2. The third kappa shape index (κ3) is 5.05. The molecule has 1 aliphatic heterocycles. The van der Waals surface area contributed by atoms with Crippen LogP contribution in [0, 0.1) is 16.0 Å². The summed E-state index contributed by atoms with van der Waals surface area (Å²) in [4.78, 5) is 37.1. The lowest BCUT2D eigenvalue weighted by molar-refractivity contribution is -0.385. The van der Waals surface area contributed by atoms with Crippen LogP contribution in [-0.4, -0.2) is 48.5 Å². The number of benzene rings is 2. The van der Waals surface area contributed by atoms with Crippen LogP contribution < -0.4 is 15.4 Å². The fourth-order valence-electron chi connectivity index (χ4n) is 3.44. The lowest BCUT2D eigenvalue weighted by atomic mass is 9.97. The average Bonchev–Trinajstić information content (AvgIpc) is 2.78. The number of amides is 3. The second-order valence-electron chi connectivity index (χ2n) is 7.05. The van der Waals surface area contributed by atoms with Crippen molar-refractivity contribution in [1.29, 1.82) is 0 Å².